The Labute approximate surface area is 438 Å². The van der Waals surface area contributed by atoms with Crippen molar-refractivity contribution in [3.63, 3.8) is 0 Å². The van der Waals surface area contributed by atoms with Gasteiger partial charge in [0.05, 0.1) is 0 Å². The van der Waals surface area contributed by atoms with E-state index in [2.05, 4.69) is 118 Å². The zero-order chi connectivity index (χ0) is 51.4. The van der Waals surface area contributed by atoms with Crippen molar-refractivity contribution in [1.82, 2.24) is 0 Å². The van der Waals surface area contributed by atoms with Crippen LogP contribution in [0.3, 0.4) is 0 Å². The van der Waals surface area contributed by atoms with Crippen LogP contribution in [-0.2, 0) is 28.6 Å². The molecule has 0 aliphatic rings. The van der Waals surface area contributed by atoms with Gasteiger partial charge in [-0.25, -0.2) is 0 Å². The van der Waals surface area contributed by atoms with Crippen molar-refractivity contribution in [3.8, 4) is 0 Å². The van der Waals surface area contributed by atoms with Crippen LogP contribution >= 0.6 is 0 Å². The minimum atomic E-state index is -0.800. The molecular weight excluding hydrogens is 877 g/mol. The molecule has 1 atom stereocenters. The van der Waals surface area contributed by atoms with Gasteiger partial charge in [0, 0.05) is 19.3 Å². The number of carbonyl (C=O) groups excluding carboxylic acids is 3. The minimum Gasteiger partial charge on any atom is -0.462 e. The second kappa shape index (κ2) is 58.9. The molecule has 0 unspecified atom stereocenters. The normalized spacial score (nSPS) is 12.8. The lowest BCUT2D eigenvalue weighted by molar-refractivity contribution is -0.167. The van der Waals surface area contributed by atoms with Crippen LogP contribution in [0.4, 0.5) is 0 Å². The number of hydrogen-bond donors (Lipinski definition) is 0. The van der Waals surface area contributed by atoms with Crippen molar-refractivity contribution < 1.29 is 28.6 Å². The first kappa shape index (κ1) is 67.3. The molecule has 0 spiro atoms. The third kappa shape index (κ3) is 57.1. The summed E-state index contributed by atoms with van der Waals surface area (Å²) in [5.41, 5.74) is 0. The van der Waals surface area contributed by atoms with E-state index in [1.807, 2.05) is 0 Å². The molecule has 0 aromatic carbocycles. The Morgan fingerprint density at radius 3 is 0.901 bits per heavy atom. The molecule has 0 aromatic rings. The fourth-order valence-corrected chi connectivity index (χ4v) is 8.08. The molecule has 0 bridgehead atoms. The van der Waals surface area contributed by atoms with Gasteiger partial charge < -0.3 is 14.2 Å². The molecule has 0 heterocycles. The molecule has 0 radical (unpaired) electrons. The van der Waals surface area contributed by atoms with Gasteiger partial charge in [-0.05, 0) is 122 Å². The van der Waals surface area contributed by atoms with E-state index in [0.29, 0.717) is 19.3 Å². The number of ether oxygens (including phenoxy) is 3. The number of allylic oxidation sites excluding steroid dienone is 16. The summed E-state index contributed by atoms with van der Waals surface area (Å²) >= 11 is 0. The van der Waals surface area contributed by atoms with Gasteiger partial charge in [-0.3, -0.25) is 14.4 Å². The number of esters is 3. The highest BCUT2D eigenvalue weighted by atomic mass is 16.6. The number of hydrogen-bond acceptors (Lipinski definition) is 6. The van der Waals surface area contributed by atoms with Crippen molar-refractivity contribution >= 4 is 17.9 Å². The van der Waals surface area contributed by atoms with E-state index in [9.17, 15) is 14.4 Å². The van der Waals surface area contributed by atoms with Crippen LogP contribution in [-0.4, -0.2) is 37.2 Å². The summed E-state index contributed by atoms with van der Waals surface area (Å²) in [5, 5.41) is 0. The molecule has 0 aliphatic heterocycles. The van der Waals surface area contributed by atoms with Crippen LogP contribution in [0.25, 0.3) is 0 Å². The maximum absolute atomic E-state index is 12.9. The van der Waals surface area contributed by atoms with Gasteiger partial charge in [0.2, 0.25) is 0 Å². The Kier molecular flexibility index (Phi) is 55.9. The number of unbranched alkanes of at least 4 members (excludes halogenated alkanes) is 26. The van der Waals surface area contributed by atoms with Gasteiger partial charge >= 0.3 is 17.9 Å². The number of rotatable bonds is 53. The standard InChI is InChI=1S/C65H110O6/c1-4-7-10-13-16-19-22-25-28-31-32-35-38-41-44-47-50-53-56-59-65(68)71-62(60-69-63(66)57-54-51-48-45-42-39-36-33-29-26-23-20-17-14-11-8-5-2)61-70-64(67)58-55-52-49-46-43-40-37-34-30-27-24-21-18-15-12-9-6-3/h8,11,17-18,20-21,25-30,36-37,39-40,62H,4-7,9-10,12-16,19,22-24,31-35,38,41-61H2,1-3H3/b11-8-,20-17-,21-18-,28-25-,29-26-,30-27-,39-36-,40-37-/t62-/m1/s1. The monoisotopic (exact) mass is 987 g/mol. The van der Waals surface area contributed by atoms with Gasteiger partial charge in [-0.1, -0.05) is 234 Å². The molecule has 0 amide bonds. The summed E-state index contributed by atoms with van der Waals surface area (Å²) in [5.74, 6) is -0.938. The van der Waals surface area contributed by atoms with Crippen LogP contribution in [0.1, 0.15) is 278 Å². The van der Waals surface area contributed by atoms with Crippen molar-refractivity contribution in [2.45, 2.75) is 284 Å². The molecule has 0 aliphatic carbocycles. The van der Waals surface area contributed by atoms with E-state index in [0.717, 1.165) is 122 Å². The average molecular weight is 988 g/mol. The highest BCUT2D eigenvalue weighted by Crippen LogP contribution is 2.15. The van der Waals surface area contributed by atoms with Crippen molar-refractivity contribution in [2.24, 2.45) is 0 Å². The van der Waals surface area contributed by atoms with Gasteiger partial charge in [0.1, 0.15) is 13.2 Å². The SMILES string of the molecule is CC/C=C\C/C=C\C/C=C\C/C=C\CCCCCCC(=O)OC[C@H](COC(=O)CCCCCC/C=C\C/C=C\C/C=C\CCCCC)OC(=O)CCCCCCCCCCC/C=C\CCCCCCCC. The minimum absolute atomic E-state index is 0.0981. The lowest BCUT2D eigenvalue weighted by Gasteiger charge is -2.18. The molecule has 6 nitrogen and oxygen atoms in total. The summed E-state index contributed by atoms with van der Waals surface area (Å²) in [4.78, 5) is 38.2. The largest absolute Gasteiger partial charge is 0.462 e. The van der Waals surface area contributed by atoms with E-state index in [1.54, 1.807) is 0 Å². The van der Waals surface area contributed by atoms with Gasteiger partial charge in [0.25, 0.3) is 0 Å². The van der Waals surface area contributed by atoms with Crippen LogP contribution in [0, 0.1) is 0 Å². The molecule has 0 rings (SSSR count). The molecule has 0 aromatic heterocycles. The van der Waals surface area contributed by atoms with E-state index in [1.165, 1.54) is 116 Å². The van der Waals surface area contributed by atoms with E-state index in [-0.39, 0.29) is 31.1 Å². The molecule has 6 heteroatoms. The second-order valence-corrected chi connectivity index (χ2v) is 19.5. The lowest BCUT2D eigenvalue weighted by Crippen LogP contribution is -2.30. The molecule has 71 heavy (non-hydrogen) atoms. The molecule has 0 saturated heterocycles. The summed E-state index contributed by atoms with van der Waals surface area (Å²) in [7, 11) is 0. The first-order valence-electron chi connectivity index (χ1n) is 29.7. The second-order valence-electron chi connectivity index (χ2n) is 19.5. The Balaban J connectivity index is 4.47. The first-order valence-corrected chi connectivity index (χ1v) is 29.7. The smallest absolute Gasteiger partial charge is 0.306 e. The van der Waals surface area contributed by atoms with Crippen LogP contribution in [0.15, 0.2) is 97.2 Å². The summed E-state index contributed by atoms with van der Waals surface area (Å²) in [6, 6.07) is 0. The van der Waals surface area contributed by atoms with Crippen molar-refractivity contribution in [2.75, 3.05) is 13.2 Å². The van der Waals surface area contributed by atoms with Crippen LogP contribution < -0.4 is 0 Å². The fourth-order valence-electron chi connectivity index (χ4n) is 8.08. The third-order valence-electron chi connectivity index (χ3n) is 12.5. The maximum atomic E-state index is 12.9. The Hall–Kier alpha value is -3.67. The topological polar surface area (TPSA) is 78.9 Å². The zero-order valence-electron chi connectivity index (χ0n) is 46.5. The summed E-state index contributed by atoms with van der Waals surface area (Å²) < 4.78 is 16.9. The Bertz CT molecular complexity index is 1410. The Morgan fingerprint density at radius 2 is 0.549 bits per heavy atom. The van der Waals surface area contributed by atoms with Gasteiger partial charge in [-0.15, -0.1) is 0 Å². The average Bonchev–Trinajstić information content (AvgIpc) is 3.37. The number of carbonyl (C=O) groups is 3. The maximum Gasteiger partial charge on any atom is 0.306 e. The highest BCUT2D eigenvalue weighted by Gasteiger charge is 2.19. The third-order valence-corrected chi connectivity index (χ3v) is 12.5. The zero-order valence-corrected chi connectivity index (χ0v) is 46.5. The molecular formula is C65H110O6. The summed E-state index contributed by atoms with van der Waals surface area (Å²) in [6.07, 6.45) is 78.2. The van der Waals surface area contributed by atoms with E-state index < -0.39 is 6.10 Å². The fraction of sp³-hybridized carbons (Fsp3) is 0.708. The quantitative estimate of drug-likeness (QED) is 0.0261. The van der Waals surface area contributed by atoms with Gasteiger partial charge in [-0.2, -0.15) is 0 Å². The molecule has 0 fully saturated rings. The summed E-state index contributed by atoms with van der Waals surface area (Å²) in [6.45, 7) is 6.47. The molecule has 0 N–H and O–H groups in total. The Morgan fingerprint density at radius 1 is 0.296 bits per heavy atom. The highest BCUT2D eigenvalue weighted by molar-refractivity contribution is 5.71. The predicted molar refractivity (Wildman–Crippen MR) is 307 cm³/mol. The van der Waals surface area contributed by atoms with Crippen LogP contribution in [0.2, 0.25) is 0 Å². The van der Waals surface area contributed by atoms with E-state index >= 15 is 0 Å². The van der Waals surface area contributed by atoms with Crippen LogP contribution in [0.5, 0.6) is 0 Å². The van der Waals surface area contributed by atoms with Crippen molar-refractivity contribution in [1.29, 1.82) is 0 Å². The lowest BCUT2D eigenvalue weighted by atomic mass is 10.1. The van der Waals surface area contributed by atoms with Gasteiger partial charge in [0.15, 0.2) is 6.10 Å². The molecule has 406 valence electrons. The van der Waals surface area contributed by atoms with E-state index in [4.69, 9.17) is 14.2 Å². The molecule has 0 saturated carbocycles. The first-order chi connectivity index (χ1) is 35.0. The predicted octanol–water partition coefficient (Wildman–Crippen LogP) is 20.1. The van der Waals surface area contributed by atoms with Crippen molar-refractivity contribution in [3.05, 3.63) is 97.2 Å².